The zero-order valence-electron chi connectivity index (χ0n) is 16.7. The molecule has 0 spiro atoms. The van der Waals surface area contributed by atoms with E-state index in [0.717, 1.165) is 19.5 Å². The van der Waals surface area contributed by atoms with Crippen LogP contribution in [0.25, 0.3) is 0 Å². The summed E-state index contributed by atoms with van der Waals surface area (Å²) in [7, 11) is 0. The van der Waals surface area contributed by atoms with Crippen molar-refractivity contribution in [2.45, 2.75) is 25.0 Å². The number of aromatic nitrogens is 4. The summed E-state index contributed by atoms with van der Waals surface area (Å²) in [6, 6.07) is -0.0686. The number of nitrogens with zero attached hydrogens (tertiary/aromatic N) is 6. The zero-order chi connectivity index (χ0) is 20.5. The lowest BCUT2D eigenvalue weighted by molar-refractivity contribution is 0.0737. The summed E-state index contributed by atoms with van der Waals surface area (Å²) in [4.78, 5) is 21.2. The highest BCUT2D eigenvalue weighted by Gasteiger charge is 2.42. The minimum Gasteiger partial charge on any atom is -0.391 e. The molecule has 2 aromatic rings. The van der Waals surface area contributed by atoms with Gasteiger partial charge in [0.2, 0.25) is 5.95 Å². The molecule has 1 aliphatic carbocycles. The molecule has 0 unspecified atom stereocenters. The predicted molar refractivity (Wildman–Crippen MR) is 109 cm³/mol. The maximum atomic E-state index is 14.4. The molecule has 160 valence electrons. The summed E-state index contributed by atoms with van der Waals surface area (Å²) < 4.78 is 19.7. The largest absolute Gasteiger partial charge is 0.391 e. The molecule has 4 atom stereocenters. The van der Waals surface area contributed by atoms with Gasteiger partial charge in [0.05, 0.1) is 37.8 Å². The van der Waals surface area contributed by atoms with Crippen LogP contribution in [-0.2, 0) is 4.74 Å². The number of aliphatic hydroxyl groups excluding tert-OH is 1. The van der Waals surface area contributed by atoms with E-state index in [9.17, 15) is 9.50 Å². The highest BCUT2D eigenvalue weighted by molar-refractivity contribution is 5.46. The molecular formula is C20H26FN7O2. The third-order valence-electron chi connectivity index (χ3n) is 6.34. The van der Waals surface area contributed by atoms with E-state index in [1.54, 1.807) is 18.6 Å². The lowest BCUT2D eigenvalue weighted by Crippen LogP contribution is -2.43. The molecule has 0 aromatic carbocycles. The first-order chi connectivity index (χ1) is 14.7. The molecule has 30 heavy (non-hydrogen) atoms. The van der Waals surface area contributed by atoms with Crippen LogP contribution in [0.3, 0.4) is 0 Å². The molecule has 4 heterocycles. The van der Waals surface area contributed by atoms with Crippen LogP contribution >= 0.6 is 0 Å². The number of anilines is 3. The average molecular weight is 415 g/mol. The van der Waals surface area contributed by atoms with Gasteiger partial charge in [-0.3, -0.25) is 4.98 Å². The molecule has 2 aliphatic heterocycles. The third kappa shape index (κ3) is 3.89. The minimum absolute atomic E-state index is 0.0686. The van der Waals surface area contributed by atoms with Gasteiger partial charge in [-0.05, 0) is 24.7 Å². The van der Waals surface area contributed by atoms with E-state index in [-0.39, 0.29) is 6.04 Å². The molecule has 2 aromatic heterocycles. The number of nitrogens with one attached hydrogen (secondary N) is 1. The SMILES string of the molecule is O[C@@H]1C[C@H]2CN(c3ncc(F)c(N4CCOCC4)n3)C[C@H]2C[C@H]1Nc1cnccn1. The van der Waals surface area contributed by atoms with E-state index in [1.807, 2.05) is 4.90 Å². The monoisotopic (exact) mass is 415 g/mol. The lowest BCUT2D eigenvalue weighted by atomic mass is 9.77. The maximum Gasteiger partial charge on any atom is 0.227 e. The molecule has 9 nitrogen and oxygen atoms in total. The van der Waals surface area contributed by atoms with E-state index >= 15 is 0 Å². The number of hydrogen-bond acceptors (Lipinski definition) is 9. The van der Waals surface area contributed by atoms with Crippen molar-refractivity contribution in [2.75, 3.05) is 54.5 Å². The summed E-state index contributed by atoms with van der Waals surface area (Å²) >= 11 is 0. The summed E-state index contributed by atoms with van der Waals surface area (Å²) in [6.45, 7) is 3.97. The minimum atomic E-state index is -0.453. The maximum absolute atomic E-state index is 14.4. The Bertz CT molecular complexity index is 867. The van der Waals surface area contributed by atoms with Crippen molar-refractivity contribution in [1.29, 1.82) is 0 Å². The van der Waals surface area contributed by atoms with Crippen molar-refractivity contribution in [3.63, 3.8) is 0 Å². The van der Waals surface area contributed by atoms with E-state index in [0.29, 0.717) is 62.1 Å². The molecule has 3 fully saturated rings. The molecule has 3 aliphatic rings. The molecule has 2 saturated heterocycles. The van der Waals surface area contributed by atoms with Crippen LogP contribution in [-0.4, -0.2) is 76.6 Å². The fourth-order valence-electron chi connectivity index (χ4n) is 4.81. The van der Waals surface area contributed by atoms with Crippen LogP contribution in [0.15, 0.2) is 24.8 Å². The first-order valence-corrected chi connectivity index (χ1v) is 10.5. The third-order valence-corrected chi connectivity index (χ3v) is 6.34. The second kappa shape index (κ2) is 8.27. The average Bonchev–Trinajstić information content (AvgIpc) is 3.18. The fourth-order valence-corrected chi connectivity index (χ4v) is 4.81. The van der Waals surface area contributed by atoms with Crippen molar-refractivity contribution in [3.05, 3.63) is 30.6 Å². The number of hydrogen-bond donors (Lipinski definition) is 2. The number of fused-ring (bicyclic) bond motifs is 1. The smallest absolute Gasteiger partial charge is 0.227 e. The van der Waals surface area contributed by atoms with Gasteiger partial charge < -0.3 is 25.0 Å². The lowest BCUT2D eigenvalue weighted by Gasteiger charge is -2.35. The number of ether oxygens (including phenoxy) is 1. The van der Waals surface area contributed by atoms with Gasteiger partial charge in [-0.15, -0.1) is 0 Å². The Morgan fingerprint density at radius 1 is 1.03 bits per heavy atom. The predicted octanol–water partition coefficient (Wildman–Crippen LogP) is 0.930. The molecular weight excluding hydrogens is 389 g/mol. The summed E-state index contributed by atoms with van der Waals surface area (Å²) in [5.74, 6) is 1.94. The van der Waals surface area contributed by atoms with Crippen LogP contribution in [0, 0.1) is 17.7 Å². The van der Waals surface area contributed by atoms with Gasteiger partial charge in [0.25, 0.3) is 0 Å². The van der Waals surface area contributed by atoms with Crippen LogP contribution in [0.4, 0.5) is 22.0 Å². The van der Waals surface area contributed by atoms with Gasteiger partial charge in [0.15, 0.2) is 11.6 Å². The van der Waals surface area contributed by atoms with E-state index in [4.69, 9.17) is 4.74 Å². The van der Waals surface area contributed by atoms with Crippen molar-refractivity contribution in [3.8, 4) is 0 Å². The number of aliphatic hydroxyl groups is 1. The Hall–Kier alpha value is -2.59. The van der Waals surface area contributed by atoms with Crippen LogP contribution in [0.5, 0.6) is 0 Å². The van der Waals surface area contributed by atoms with Crippen LogP contribution in [0.1, 0.15) is 12.8 Å². The van der Waals surface area contributed by atoms with Gasteiger partial charge in [0.1, 0.15) is 5.82 Å². The summed E-state index contributed by atoms with van der Waals surface area (Å²) in [6.07, 6.45) is 7.28. The molecule has 0 radical (unpaired) electrons. The van der Waals surface area contributed by atoms with Gasteiger partial charge in [-0.1, -0.05) is 0 Å². The fraction of sp³-hybridized carbons (Fsp3) is 0.600. The zero-order valence-corrected chi connectivity index (χ0v) is 16.7. The van der Waals surface area contributed by atoms with Crippen molar-refractivity contribution < 1.29 is 14.2 Å². The topological polar surface area (TPSA) is 99.5 Å². The van der Waals surface area contributed by atoms with Gasteiger partial charge in [-0.2, -0.15) is 4.98 Å². The number of halogens is 1. The van der Waals surface area contributed by atoms with Crippen LogP contribution < -0.4 is 15.1 Å². The summed E-state index contributed by atoms with van der Waals surface area (Å²) in [5, 5.41) is 14.0. The standard InChI is InChI=1S/C20H26FN7O2/c21-15-9-24-20(26-19(15)27-3-5-30-6-4-27)28-11-13-7-16(17(29)8-14(13)12-28)25-18-10-22-1-2-23-18/h1-2,9-10,13-14,16-17,29H,3-8,11-12H2,(H,23,25)/t13-,14+,16-,17-/m1/s1. The Balaban J connectivity index is 1.28. The Kier molecular flexibility index (Phi) is 5.34. The molecule has 0 bridgehead atoms. The normalized spacial score (nSPS) is 29.0. The molecule has 1 saturated carbocycles. The Morgan fingerprint density at radius 3 is 2.60 bits per heavy atom. The number of morpholine rings is 1. The van der Waals surface area contributed by atoms with E-state index < -0.39 is 11.9 Å². The first kappa shape index (κ1) is 19.4. The molecule has 5 rings (SSSR count). The van der Waals surface area contributed by atoms with Crippen LogP contribution in [0.2, 0.25) is 0 Å². The van der Waals surface area contributed by atoms with E-state index in [1.165, 1.54) is 6.20 Å². The molecule has 0 amide bonds. The number of rotatable bonds is 4. The van der Waals surface area contributed by atoms with Gasteiger partial charge in [0, 0.05) is 38.6 Å². The van der Waals surface area contributed by atoms with Gasteiger partial charge >= 0.3 is 0 Å². The van der Waals surface area contributed by atoms with Gasteiger partial charge in [-0.25, -0.2) is 14.4 Å². The second-order valence-corrected chi connectivity index (χ2v) is 8.25. The molecule has 10 heteroatoms. The second-order valence-electron chi connectivity index (χ2n) is 8.25. The quantitative estimate of drug-likeness (QED) is 0.755. The van der Waals surface area contributed by atoms with Crippen molar-refractivity contribution in [2.24, 2.45) is 11.8 Å². The summed E-state index contributed by atoms with van der Waals surface area (Å²) in [5.41, 5.74) is 0. The van der Waals surface area contributed by atoms with E-state index in [2.05, 4.69) is 30.2 Å². The molecule has 2 N–H and O–H groups in total. The Morgan fingerprint density at radius 2 is 1.83 bits per heavy atom. The van der Waals surface area contributed by atoms with Crippen molar-refractivity contribution in [1.82, 2.24) is 19.9 Å². The highest BCUT2D eigenvalue weighted by Crippen LogP contribution is 2.38. The highest BCUT2D eigenvalue weighted by atomic mass is 19.1. The Labute approximate surface area is 174 Å². The first-order valence-electron chi connectivity index (χ1n) is 10.5. The van der Waals surface area contributed by atoms with Crippen molar-refractivity contribution >= 4 is 17.6 Å².